The quantitative estimate of drug-likeness (QED) is 0.811. The number of hydrogen-bond donors (Lipinski definition) is 1. The van der Waals surface area contributed by atoms with Crippen molar-refractivity contribution in [3.05, 3.63) is 30.1 Å². The largest absolute Gasteiger partial charge is 0.384 e. The number of amides is 1. The lowest BCUT2D eigenvalue weighted by Crippen LogP contribution is -2.35. The van der Waals surface area contributed by atoms with Crippen LogP contribution in [0.4, 0.5) is 0 Å². The summed E-state index contributed by atoms with van der Waals surface area (Å²) in [4.78, 5) is 15.8. The van der Waals surface area contributed by atoms with Crippen LogP contribution in [0.15, 0.2) is 24.5 Å². The van der Waals surface area contributed by atoms with Crippen molar-refractivity contribution < 1.29 is 17.9 Å². The number of hydrogen-bond acceptors (Lipinski definition) is 5. The summed E-state index contributed by atoms with van der Waals surface area (Å²) in [5.74, 6) is -0.850. The molecule has 1 saturated carbocycles. The summed E-state index contributed by atoms with van der Waals surface area (Å²) in [6.45, 7) is 0.0688. The van der Waals surface area contributed by atoms with Gasteiger partial charge in [0.15, 0.2) is 0 Å². The van der Waals surface area contributed by atoms with Gasteiger partial charge in [-0.1, -0.05) is 6.07 Å². The van der Waals surface area contributed by atoms with Crippen molar-refractivity contribution in [2.75, 3.05) is 19.5 Å². The second kappa shape index (κ2) is 5.66. The number of aromatic nitrogens is 1. The van der Waals surface area contributed by atoms with Gasteiger partial charge >= 0.3 is 0 Å². The average molecular weight is 284 g/mol. The summed E-state index contributed by atoms with van der Waals surface area (Å²) in [6.07, 6.45) is 4.03. The number of rotatable bonds is 6. The second-order valence-electron chi connectivity index (χ2n) is 4.51. The first-order valence-corrected chi connectivity index (χ1v) is 7.62. The first kappa shape index (κ1) is 14.0. The Morgan fingerprint density at radius 1 is 1.58 bits per heavy atom. The molecule has 0 radical (unpaired) electrons. The molecule has 2 rings (SSSR count). The molecule has 1 fully saturated rings. The Morgan fingerprint density at radius 3 is 3.00 bits per heavy atom. The highest BCUT2D eigenvalue weighted by Crippen LogP contribution is 2.47. The van der Waals surface area contributed by atoms with Crippen molar-refractivity contribution in [2.24, 2.45) is 5.92 Å². The smallest absolute Gasteiger partial charge is 0.237 e. The van der Waals surface area contributed by atoms with E-state index in [1.807, 2.05) is 6.07 Å². The van der Waals surface area contributed by atoms with Crippen LogP contribution in [0, 0.1) is 5.92 Å². The maximum absolute atomic E-state index is 11.8. The number of methoxy groups -OCH3 is 1. The summed E-state index contributed by atoms with van der Waals surface area (Å²) >= 11 is 0. The predicted molar refractivity (Wildman–Crippen MR) is 68.9 cm³/mol. The summed E-state index contributed by atoms with van der Waals surface area (Å²) in [7, 11) is -2.18. The van der Waals surface area contributed by atoms with Crippen LogP contribution in [0.5, 0.6) is 0 Å². The van der Waals surface area contributed by atoms with Crippen LogP contribution in [0.3, 0.4) is 0 Å². The fourth-order valence-electron chi connectivity index (χ4n) is 1.92. The minimum absolute atomic E-state index is 0.0688. The molecule has 1 N–H and O–H groups in total. The SMILES string of the molecule is COCCS(=O)(=O)NC(=O)[C@H]1C[C@@H]1c1cccnc1. The summed E-state index contributed by atoms with van der Waals surface area (Å²) in [5.41, 5.74) is 0.969. The van der Waals surface area contributed by atoms with Gasteiger partial charge in [0.2, 0.25) is 15.9 Å². The van der Waals surface area contributed by atoms with E-state index in [-0.39, 0.29) is 24.2 Å². The topological polar surface area (TPSA) is 85.4 Å². The zero-order valence-electron chi connectivity index (χ0n) is 10.6. The molecule has 0 spiro atoms. The number of sulfonamides is 1. The molecule has 0 aromatic carbocycles. The van der Waals surface area contributed by atoms with Crippen LogP contribution in [0.1, 0.15) is 17.9 Å². The molecule has 0 bridgehead atoms. The summed E-state index contributed by atoms with van der Waals surface area (Å²) in [6, 6.07) is 3.70. The lowest BCUT2D eigenvalue weighted by molar-refractivity contribution is -0.120. The van der Waals surface area contributed by atoms with E-state index in [1.54, 1.807) is 18.5 Å². The van der Waals surface area contributed by atoms with E-state index in [1.165, 1.54) is 7.11 Å². The Labute approximate surface area is 112 Å². The molecule has 1 heterocycles. The van der Waals surface area contributed by atoms with Gasteiger partial charge < -0.3 is 4.74 Å². The Kier molecular flexibility index (Phi) is 4.16. The lowest BCUT2D eigenvalue weighted by atomic mass is 10.1. The molecule has 0 saturated heterocycles. The van der Waals surface area contributed by atoms with Gasteiger partial charge in [-0.15, -0.1) is 0 Å². The number of carbonyl (C=O) groups excluding carboxylic acids is 1. The molecular formula is C12H16N2O4S. The van der Waals surface area contributed by atoms with Crippen molar-refractivity contribution in [1.29, 1.82) is 0 Å². The maximum atomic E-state index is 11.8. The molecule has 1 aromatic heterocycles. The summed E-state index contributed by atoms with van der Waals surface area (Å²) in [5, 5.41) is 0. The molecule has 19 heavy (non-hydrogen) atoms. The molecular weight excluding hydrogens is 268 g/mol. The monoisotopic (exact) mass is 284 g/mol. The van der Waals surface area contributed by atoms with E-state index >= 15 is 0 Å². The third kappa shape index (κ3) is 3.74. The van der Waals surface area contributed by atoms with Gasteiger partial charge in [0.25, 0.3) is 0 Å². The van der Waals surface area contributed by atoms with E-state index in [2.05, 4.69) is 14.4 Å². The van der Waals surface area contributed by atoms with Gasteiger partial charge in [-0.3, -0.25) is 14.5 Å². The molecule has 1 amide bonds. The van der Waals surface area contributed by atoms with Crippen LogP contribution in [0.25, 0.3) is 0 Å². The first-order chi connectivity index (χ1) is 9.03. The van der Waals surface area contributed by atoms with Crippen molar-refractivity contribution in [3.8, 4) is 0 Å². The number of nitrogens with zero attached hydrogens (tertiary/aromatic N) is 1. The number of carbonyl (C=O) groups is 1. The number of pyridine rings is 1. The van der Waals surface area contributed by atoms with Crippen LogP contribution in [-0.4, -0.2) is 38.8 Å². The van der Waals surface area contributed by atoms with Crippen LogP contribution in [-0.2, 0) is 19.6 Å². The third-order valence-electron chi connectivity index (χ3n) is 3.05. The van der Waals surface area contributed by atoms with Gasteiger partial charge in [-0.2, -0.15) is 0 Å². The third-order valence-corrected chi connectivity index (χ3v) is 4.27. The minimum atomic E-state index is -3.59. The molecule has 6 nitrogen and oxygen atoms in total. The Bertz CT molecular complexity index is 544. The van der Waals surface area contributed by atoms with Crippen molar-refractivity contribution in [2.45, 2.75) is 12.3 Å². The first-order valence-electron chi connectivity index (χ1n) is 5.96. The zero-order chi connectivity index (χ0) is 13.9. The summed E-state index contributed by atoms with van der Waals surface area (Å²) < 4.78 is 29.9. The van der Waals surface area contributed by atoms with E-state index in [9.17, 15) is 13.2 Å². The van der Waals surface area contributed by atoms with Crippen LogP contribution in [0.2, 0.25) is 0 Å². The normalized spacial score (nSPS) is 21.9. The predicted octanol–water partition coefficient (Wildman–Crippen LogP) is 0.277. The molecule has 7 heteroatoms. The molecule has 0 unspecified atom stereocenters. The highest BCUT2D eigenvalue weighted by atomic mass is 32.2. The van der Waals surface area contributed by atoms with Gasteiger partial charge in [0.05, 0.1) is 12.4 Å². The average Bonchev–Trinajstić information content (AvgIpc) is 3.17. The van der Waals surface area contributed by atoms with Gasteiger partial charge in [0.1, 0.15) is 0 Å². The number of nitrogens with one attached hydrogen (secondary N) is 1. The molecule has 1 aromatic rings. The van der Waals surface area contributed by atoms with E-state index in [0.29, 0.717) is 6.42 Å². The highest BCUT2D eigenvalue weighted by molar-refractivity contribution is 7.90. The van der Waals surface area contributed by atoms with E-state index < -0.39 is 15.9 Å². The highest BCUT2D eigenvalue weighted by Gasteiger charge is 2.45. The fourth-order valence-corrected chi connectivity index (χ4v) is 2.87. The van der Waals surface area contributed by atoms with Crippen molar-refractivity contribution in [1.82, 2.24) is 9.71 Å². The Hall–Kier alpha value is -1.47. The van der Waals surface area contributed by atoms with Gasteiger partial charge in [-0.25, -0.2) is 8.42 Å². The molecule has 1 aliphatic rings. The molecule has 2 atom stereocenters. The zero-order valence-corrected chi connectivity index (χ0v) is 11.4. The maximum Gasteiger partial charge on any atom is 0.237 e. The van der Waals surface area contributed by atoms with E-state index in [4.69, 9.17) is 0 Å². The van der Waals surface area contributed by atoms with Gasteiger partial charge in [0, 0.05) is 25.4 Å². The van der Waals surface area contributed by atoms with Gasteiger partial charge in [-0.05, 0) is 24.0 Å². The van der Waals surface area contributed by atoms with Crippen LogP contribution < -0.4 is 4.72 Å². The second-order valence-corrected chi connectivity index (χ2v) is 6.35. The standard InChI is InChI=1S/C12H16N2O4S/c1-18-5-6-19(16,17)14-12(15)11-7-10(11)9-3-2-4-13-8-9/h2-4,8,10-11H,5-7H2,1H3,(H,14,15)/t10-,11+/m1/s1. The van der Waals surface area contributed by atoms with Crippen LogP contribution >= 0.6 is 0 Å². The van der Waals surface area contributed by atoms with E-state index in [0.717, 1.165) is 5.56 Å². The number of ether oxygens (including phenoxy) is 1. The molecule has 104 valence electrons. The van der Waals surface area contributed by atoms with Crippen molar-refractivity contribution >= 4 is 15.9 Å². The Balaban J connectivity index is 1.90. The van der Waals surface area contributed by atoms with Crippen molar-refractivity contribution in [3.63, 3.8) is 0 Å². The molecule has 1 aliphatic carbocycles. The molecule has 0 aliphatic heterocycles. The lowest BCUT2D eigenvalue weighted by Gasteiger charge is -2.06. The fraction of sp³-hybridized carbons (Fsp3) is 0.500. The Morgan fingerprint density at radius 2 is 2.37 bits per heavy atom. The minimum Gasteiger partial charge on any atom is -0.384 e.